The van der Waals surface area contributed by atoms with Gasteiger partial charge in [0.1, 0.15) is 18.5 Å². The Hall–Kier alpha value is -4.30. The van der Waals surface area contributed by atoms with Gasteiger partial charge in [0.25, 0.3) is 5.91 Å². The molecule has 3 aromatic carbocycles. The number of fused-ring (bicyclic) bond motifs is 1. The Balaban J connectivity index is 1.53. The van der Waals surface area contributed by atoms with Crippen LogP contribution in [-0.2, 0) is 22.6 Å². The predicted octanol–water partition coefficient (Wildman–Crippen LogP) is 3.53. The summed E-state index contributed by atoms with van der Waals surface area (Å²) in [5.74, 6) is -0.0356. The highest BCUT2D eigenvalue weighted by molar-refractivity contribution is 6.46. The van der Waals surface area contributed by atoms with Gasteiger partial charge in [-0.1, -0.05) is 48.2 Å². The molecule has 3 aromatic rings. The average Bonchev–Trinajstić information content (AvgIpc) is 3.53. The molecule has 2 unspecified atom stereocenters. The van der Waals surface area contributed by atoms with Crippen molar-refractivity contribution in [2.45, 2.75) is 59.3 Å². The third-order valence-electron chi connectivity index (χ3n) is 8.44. The third-order valence-corrected chi connectivity index (χ3v) is 8.44. The van der Waals surface area contributed by atoms with Gasteiger partial charge in [0.05, 0.1) is 32.3 Å². The minimum atomic E-state index is -0.833. The van der Waals surface area contributed by atoms with Crippen LogP contribution >= 0.6 is 0 Å². The fraction of sp³-hybridized carbons (Fsp3) is 0.389. The molecule has 8 heteroatoms. The van der Waals surface area contributed by atoms with Crippen molar-refractivity contribution in [2.24, 2.45) is 0 Å². The van der Waals surface area contributed by atoms with Crippen LogP contribution < -0.4 is 24.2 Å². The number of hydrogen-bond donors (Lipinski definition) is 1. The van der Waals surface area contributed by atoms with E-state index in [1.54, 1.807) is 35.2 Å². The molecule has 2 heterocycles. The van der Waals surface area contributed by atoms with Gasteiger partial charge in [-0.25, -0.2) is 0 Å². The molecule has 2 aliphatic heterocycles. The molecule has 0 saturated carbocycles. The zero-order valence-electron chi connectivity index (χ0n) is 26.1. The van der Waals surface area contributed by atoms with E-state index in [0.29, 0.717) is 55.2 Å². The molecule has 0 spiro atoms. The summed E-state index contributed by atoms with van der Waals surface area (Å²) in [5, 5.41) is 14.1. The summed E-state index contributed by atoms with van der Waals surface area (Å²) >= 11 is 0. The smallest absolute Gasteiger partial charge is 0.295 e. The zero-order chi connectivity index (χ0) is 31.2. The summed E-state index contributed by atoms with van der Waals surface area (Å²) in [6.45, 7) is 12.1. The van der Waals surface area contributed by atoms with Crippen molar-refractivity contribution >= 4 is 17.4 Å². The van der Waals surface area contributed by atoms with E-state index in [4.69, 9.17) is 14.2 Å². The molecule has 0 aromatic heterocycles. The number of quaternary nitrogens is 1. The van der Waals surface area contributed by atoms with E-state index in [1.165, 1.54) is 4.90 Å². The van der Waals surface area contributed by atoms with E-state index < -0.39 is 23.5 Å². The Morgan fingerprint density at radius 1 is 0.977 bits per heavy atom. The first-order valence-electron chi connectivity index (χ1n) is 15.7. The number of Topliss-reactive ketones (excluding diaryl/α,β-unsaturated/α-hetero) is 1. The summed E-state index contributed by atoms with van der Waals surface area (Å²) in [6.07, 6.45) is 1.41. The second-order valence-corrected chi connectivity index (χ2v) is 11.4. The average molecular weight is 599 g/mol. The maximum absolute atomic E-state index is 14.1. The van der Waals surface area contributed by atoms with Gasteiger partial charge >= 0.3 is 0 Å². The molecule has 0 radical (unpaired) electrons. The van der Waals surface area contributed by atoms with Gasteiger partial charge in [0.2, 0.25) is 5.78 Å². The first kappa shape index (κ1) is 31.1. The molecule has 1 fully saturated rings. The van der Waals surface area contributed by atoms with Crippen LogP contribution in [0, 0.1) is 0 Å². The number of nitrogens with one attached hydrogen (secondary N) is 1. The summed E-state index contributed by atoms with van der Waals surface area (Å²) < 4.78 is 17.9. The molecular formula is C36H42N2O6. The Labute approximate surface area is 259 Å². The van der Waals surface area contributed by atoms with Crippen LogP contribution in [0.25, 0.3) is 5.76 Å². The second kappa shape index (κ2) is 14.0. The van der Waals surface area contributed by atoms with Gasteiger partial charge in [-0.2, -0.15) is 0 Å². The lowest BCUT2D eigenvalue weighted by Gasteiger charge is -2.28. The van der Waals surface area contributed by atoms with Crippen LogP contribution in [0.4, 0.5) is 0 Å². The van der Waals surface area contributed by atoms with Crippen molar-refractivity contribution in [3.8, 4) is 17.2 Å². The van der Waals surface area contributed by atoms with Crippen LogP contribution in [-0.4, -0.2) is 55.5 Å². The molecule has 44 heavy (non-hydrogen) atoms. The molecule has 2 atom stereocenters. The number of amides is 1. The first-order valence-corrected chi connectivity index (χ1v) is 15.7. The van der Waals surface area contributed by atoms with E-state index in [2.05, 4.69) is 13.8 Å². The van der Waals surface area contributed by atoms with Crippen molar-refractivity contribution in [1.82, 2.24) is 4.90 Å². The first-order chi connectivity index (χ1) is 21.3. The lowest BCUT2D eigenvalue weighted by Crippen LogP contribution is -3.11. The van der Waals surface area contributed by atoms with E-state index in [-0.39, 0.29) is 11.7 Å². The minimum absolute atomic E-state index is 0.0217. The molecule has 1 amide bonds. The van der Waals surface area contributed by atoms with Gasteiger partial charge in [-0.15, -0.1) is 0 Å². The third kappa shape index (κ3) is 6.60. The van der Waals surface area contributed by atoms with Gasteiger partial charge in [-0.3, -0.25) is 9.59 Å². The van der Waals surface area contributed by atoms with Crippen LogP contribution in [0.15, 0.2) is 72.3 Å². The number of nitrogens with zero attached hydrogens (tertiary/aromatic N) is 1. The maximum atomic E-state index is 14.1. The molecule has 232 valence electrons. The van der Waals surface area contributed by atoms with E-state index in [0.717, 1.165) is 36.5 Å². The quantitative estimate of drug-likeness (QED) is 0.184. The molecule has 1 N–H and O–H groups in total. The number of benzene rings is 3. The number of ether oxygens (including phenoxy) is 3. The Kier molecular flexibility index (Phi) is 9.90. The fourth-order valence-electron chi connectivity index (χ4n) is 6.09. The second-order valence-electron chi connectivity index (χ2n) is 11.4. The lowest BCUT2D eigenvalue weighted by atomic mass is 9.94. The van der Waals surface area contributed by atoms with Gasteiger partial charge in [0.15, 0.2) is 11.5 Å². The minimum Gasteiger partial charge on any atom is -0.872 e. The summed E-state index contributed by atoms with van der Waals surface area (Å²) in [6, 6.07) is 19.7. The van der Waals surface area contributed by atoms with Crippen molar-refractivity contribution in [2.75, 3.05) is 32.8 Å². The normalized spacial score (nSPS) is 18.9. The van der Waals surface area contributed by atoms with Crippen LogP contribution in [0.5, 0.6) is 17.2 Å². The van der Waals surface area contributed by atoms with Crippen LogP contribution in [0.2, 0.25) is 0 Å². The van der Waals surface area contributed by atoms with Gasteiger partial charge in [0, 0.05) is 25.0 Å². The summed E-state index contributed by atoms with van der Waals surface area (Å²) in [7, 11) is 0. The van der Waals surface area contributed by atoms with Gasteiger partial charge < -0.3 is 29.1 Å². The fourth-order valence-corrected chi connectivity index (χ4v) is 6.09. The topological polar surface area (TPSA) is 92.6 Å². The summed E-state index contributed by atoms with van der Waals surface area (Å²) in [5.41, 5.74) is 2.93. The largest absolute Gasteiger partial charge is 0.872 e. The number of carbonyl (C=O) groups is 2. The predicted molar refractivity (Wildman–Crippen MR) is 167 cm³/mol. The van der Waals surface area contributed by atoms with Crippen molar-refractivity contribution < 1.29 is 33.8 Å². The molecule has 8 nitrogen and oxygen atoms in total. The van der Waals surface area contributed by atoms with Crippen LogP contribution in [0.1, 0.15) is 62.4 Å². The Morgan fingerprint density at radius 2 is 1.75 bits per heavy atom. The molecule has 0 aliphatic carbocycles. The lowest BCUT2D eigenvalue weighted by molar-refractivity contribution is -0.896. The number of hydrogen-bond acceptors (Lipinski definition) is 6. The highest BCUT2D eigenvalue weighted by Gasteiger charge is 2.44. The number of carbonyl (C=O) groups excluding carboxylic acids is 2. The van der Waals surface area contributed by atoms with E-state index in [1.807, 2.05) is 50.2 Å². The molecule has 0 bridgehead atoms. The van der Waals surface area contributed by atoms with Gasteiger partial charge in [-0.05, 0) is 74.2 Å². The standard InChI is InChI=1S/C36H42N2O6/c1-5-37(6-2)18-11-19-38-33(26-14-17-30(31(22-26)42-7-3)43-23-25-12-9-8-10-13-25)32(35(40)36(38)41)34(39)27-15-16-29-28(21-27)20-24(4)44-29/h8-10,12-17,21-22,24,33,39H,5-7,11,18-20,23H2,1-4H3/b34-32+. The van der Waals surface area contributed by atoms with Crippen molar-refractivity contribution in [1.29, 1.82) is 0 Å². The number of likely N-dealkylation sites (tertiary alicyclic amines) is 1. The number of rotatable bonds is 13. The molecule has 1 saturated heterocycles. The Bertz CT molecular complexity index is 1510. The van der Waals surface area contributed by atoms with E-state index >= 15 is 0 Å². The highest BCUT2D eigenvalue weighted by Crippen LogP contribution is 2.42. The maximum Gasteiger partial charge on any atom is 0.295 e. The molecule has 5 rings (SSSR count). The van der Waals surface area contributed by atoms with Crippen LogP contribution in [0.3, 0.4) is 0 Å². The zero-order valence-corrected chi connectivity index (χ0v) is 26.1. The molecule has 2 aliphatic rings. The Morgan fingerprint density at radius 3 is 2.48 bits per heavy atom. The van der Waals surface area contributed by atoms with E-state index in [9.17, 15) is 14.7 Å². The SMILES string of the molecule is CCOc1cc(C2/C(=C(\[O-])c3ccc4c(c3)CC(C)O4)C(=O)C(=O)N2CCC[NH+](CC)CC)ccc1OCc1ccccc1. The monoisotopic (exact) mass is 598 g/mol. The molecular weight excluding hydrogens is 556 g/mol. The number of ketones is 1. The summed E-state index contributed by atoms with van der Waals surface area (Å²) in [4.78, 5) is 30.1. The van der Waals surface area contributed by atoms with Crippen molar-refractivity contribution in [3.63, 3.8) is 0 Å². The van der Waals surface area contributed by atoms with Crippen molar-refractivity contribution in [3.05, 3.63) is 94.6 Å². The highest BCUT2D eigenvalue weighted by atomic mass is 16.5.